The molecule has 0 spiro atoms. The van der Waals surface area contributed by atoms with E-state index in [0.29, 0.717) is 5.02 Å². The number of hydrogen-bond acceptors (Lipinski definition) is 9. The van der Waals surface area contributed by atoms with Crippen molar-refractivity contribution in [2.24, 2.45) is 5.92 Å². The third-order valence-corrected chi connectivity index (χ3v) is 7.96. The number of nitrogens with one attached hydrogen (secondary N) is 2. The zero-order chi connectivity index (χ0) is 31.3. The van der Waals surface area contributed by atoms with Gasteiger partial charge in [0.15, 0.2) is 11.6 Å². The smallest absolute Gasteiger partial charge is 0.544 e. The van der Waals surface area contributed by atoms with Crippen molar-refractivity contribution in [2.45, 2.75) is 75.0 Å². The van der Waals surface area contributed by atoms with Gasteiger partial charge >= 0.3 is 29.6 Å². The molecule has 5 N–H and O–H groups in total. The van der Waals surface area contributed by atoms with Crippen molar-refractivity contribution < 1.29 is 82.6 Å². The van der Waals surface area contributed by atoms with Crippen LogP contribution in [0.2, 0.25) is 5.02 Å². The van der Waals surface area contributed by atoms with Crippen molar-refractivity contribution >= 4 is 29.4 Å². The van der Waals surface area contributed by atoms with Crippen LogP contribution in [0, 0.1) is 17.6 Å². The van der Waals surface area contributed by atoms with Gasteiger partial charge in [0.25, 0.3) is 5.91 Å². The van der Waals surface area contributed by atoms with Crippen LogP contribution in [0.1, 0.15) is 48.0 Å². The summed E-state index contributed by atoms with van der Waals surface area (Å²) in [4.78, 5) is 37.5. The van der Waals surface area contributed by atoms with Crippen LogP contribution in [0.3, 0.4) is 0 Å². The summed E-state index contributed by atoms with van der Waals surface area (Å²) in [5.41, 5.74) is -0.165. The monoisotopic (exact) mass is 648 g/mol. The Morgan fingerprint density at radius 2 is 1.82 bits per heavy atom. The fourth-order valence-corrected chi connectivity index (χ4v) is 5.13. The van der Waals surface area contributed by atoms with Gasteiger partial charge in [0.1, 0.15) is 18.2 Å². The number of benzene rings is 2. The van der Waals surface area contributed by atoms with E-state index in [1.54, 1.807) is 0 Å². The first-order valence-electron chi connectivity index (χ1n) is 13.7. The van der Waals surface area contributed by atoms with E-state index in [4.69, 9.17) is 21.1 Å². The van der Waals surface area contributed by atoms with Crippen LogP contribution in [0.4, 0.5) is 8.78 Å². The summed E-state index contributed by atoms with van der Waals surface area (Å²) in [6, 6.07) is 7.56. The Bertz CT molecular complexity index is 1320. The number of aliphatic hydroxyl groups excluding tert-OH is 3. The number of carbonyl (C=O) groups excluding carboxylic acids is 3. The Hall–Kier alpha value is -2.20. The maximum atomic E-state index is 14.2. The van der Waals surface area contributed by atoms with Crippen molar-refractivity contribution in [2.75, 3.05) is 6.54 Å². The zero-order valence-electron chi connectivity index (χ0n) is 23.9. The molecule has 11 nitrogen and oxygen atoms in total. The second-order valence-electron chi connectivity index (χ2n) is 10.8. The summed E-state index contributed by atoms with van der Waals surface area (Å²) < 4.78 is 38.9. The molecular formula is C29H32ClF2N2NaO9. The third-order valence-electron chi connectivity index (χ3n) is 7.71. The van der Waals surface area contributed by atoms with Crippen molar-refractivity contribution in [3.63, 3.8) is 0 Å². The largest absolute Gasteiger partial charge is 1.00 e. The van der Waals surface area contributed by atoms with Gasteiger partial charge in [-0.1, -0.05) is 30.2 Å². The van der Waals surface area contributed by atoms with Crippen LogP contribution in [0.15, 0.2) is 42.5 Å². The minimum absolute atomic E-state index is 0. The maximum absolute atomic E-state index is 14.2. The number of aliphatic carboxylic acids is 1. The van der Waals surface area contributed by atoms with E-state index in [2.05, 4.69) is 10.6 Å². The molecule has 0 aromatic heterocycles. The van der Waals surface area contributed by atoms with Gasteiger partial charge in [0.2, 0.25) is 11.7 Å². The number of ether oxygens (including phenoxy) is 2. The summed E-state index contributed by atoms with van der Waals surface area (Å²) >= 11 is 5.83. The van der Waals surface area contributed by atoms with Crippen LogP contribution in [-0.4, -0.2) is 75.9 Å². The second-order valence-corrected chi connectivity index (χ2v) is 11.2. The Morgan fingerprint density at radius 1 is 1.14 bits per heavy atom. The molecule has 1 heterocycles. The molecule has 1 aliphatic heterocycles. The molecule has 1 aliphatic carbocycles. The van der Waals surface area contributed by atoms with E-state index in [-0.39, 0.29) is 53.0 Å². The number of amides is 2. The number of hydrogen-bond donors (Lipinski definition) is 5. The molecule has 15 heteroatoms. The molecule has 0 unspecified atom stereocenters. The first kappa shape index (κ1) is 36.3. The molecule has 2 aromatic carbocycles. The van der Waals surface area contributed by atoms with Crippen LogP contribution in [0.25, 0.3) is 0 Å². The number of carbonyl (C=O) groups is 3. The summed E-state index contributed by atoms with van der Waals surface area (Å²) in [5.74, 6) is -8.30. The van der Waals surface area contributed by atoms with E-state index in [9.17, 15) is 43.6 Å². The molecule has 1 saturated heterocycles. The summed E-state index contributed by atoms with van der Waals surface area (Å²) in [6.45, 7) is -1.37. The van der Waals surface area contributed by atoms with Crippen molar-refractivity contribution in [1.82, 2.24) is 10.6 Å². The van der Waals surface area contributed by atoms with Gasteiger partial charge in [-0.05, 0) is 49.1 Å². The quantitative estimate of drug-likeness (QED) is 0.157. The fourth-order valence-electron chi connectivity index (χ4n) is 5.00. The van der Waals surface area contributed by atoms with Crippen LogP contribution in [0.5, 0.6) is 0 Å². The predicted molar refractivity (Wildman–Crippen MR) is 144 cm³/mol. The second kappa shape index (κ2) is 15.9. The Balaban J connectivity index is 0.00000529. The Morgan fingerprint density at radius 3 is 2.43 bits per heavy atom. The number of carboxylic acid groups (broad SMARTS) is 1. The molecule has 234 valence electrons. The third kappa shape index (κ3) is 8.74. The summed E-state index contributed by atoms with van der Waals surface area (Å²) in [6.07, 6.45) is -5.38. The van der Waals surface area contributed by atoms with E-state index in [0.717, 1.165) is 31.4 Å². The number of aliphatic hydroxyl groups is 3. The molecule has 1 saturated carbocycles. The molecule has 2 aliphatic rings. The normalized spacial score (nSPS) is 24.7. The molecule has 44 heavy (non-hydrogen) atoms. The van der Waals surface area contributed by atoms with Crippen LogP contribution in [-0.2, 0) is 25.7 Å². The Labute approximate surface area is 279 Å². The van der Waals surface area contributed by atoms with Gasteiger partial charge < -0.3 is 45.3 Å². The fraction of sp³-hybridized carbons (Fsp3) is 0.483. The molecule has 4 rings (SSSR count). The summed E-state index contributed by atoms with van der Waals surface area (Å²) in [5, 5.41) is 50.6. The minimum atomic E-state index is -2.80. The molecule has 2 aromatic rings. The Kier molecular flexibility index (Phi) is 13.1. The number of carboxylic acids is 1. The van der Waals surface area contributed by atoms with Crippen molar-refractivity contribution in [3.05, 3.63) is 70.2 Å². The summed E-state index contributed by atoms with van der Waals surface area (Å²) in [7, 11) is 0. The molecule has 6 atom stereocenters. The van der Waals surface area contributed by atoms with Gasteiger partial charge in [0.05, 0.1) is 24.9 Å². The average molecular weight is 649 g/mol. The van der Waals surface area contributed by atoms with Crippen LogP contribution < -0.4 is 45.3 Å². The maximum Gasteiger partial charge on any atom is 1.00 e. The van der Waals surface area contributed by atoms with Crippen molar-refractivity contribution in [1.29, 1.82) is 0 Å². The van der Waals surface area contributed by atoms with Crippen molar-refractivity contribution in [3.8, 4) is 0 Å². The molecular weight excluding hydrogens is 617 g/mol. The van der Waals surface area contributed by atoms with Gasteiger partial charge in [-0.3, -0.25) is 9.59 Å². The average Bonchev–Trinajstić information content (AvgIpc) is 2.95. The van der Waals surface area contributed by atoms with Gasteiger partial charge in [-0.2, -0.15) is 0 Å². The first-order chi connectivity index (χ1) is 20.4. The molecule has 2 amide bonds. The molecule has 2 fully saturated rings. The van der Waals surface area contributed by atoms with E-state index >= 15 is 0 Å². The first-order valence-corrected chi connectivity index (χ1v) is 14.1. The van der Waals surface area contributed by atoms with Gasteiger partial charge in [-0.15, -0.1) is 0 Å². The molecule has 0 bridgehead atoms. The van der Waals surface area contributed by atoms with Crippen LogP contribution >= 0.6 is 11.6 Å². The molecule has 0 radical (unpaired) electrons. The number of rotatable bonds is 12. The minimum Gasteiger partial charge on any atom is -0.544 e. The van der Waals surface area contributed by atoms with E-state index < -0.39 is 85.2 Å². The predicted octanol–water partition coefficient (Wildman–Crippen LogP) is -2.44. The SMILES string of the molecule is O=C(CC1CCC1)N[C@H]1[C@H]([C@H](O)[C@H](O)CNC(=O)c2ccc(Cl)cc2)O[C@@](OCc2cccc(F)c2F)(C(=O)[O-])C[C@@H]1O.[Na+]. The standard InChI is InChI=1S/C29H33ClF2N2O9.Na/c30-18-9-7-16(8-10-18)27(39)33-13-21(36)25(38)26-24(34-22(37)11-15-3-1-4-15)20(35)12-29(43-26,28(40)41)42-14-17-5-2-6-19(31)23(17)32;/h2,5-10,15,20-21,24-26,35-36,38H,1,3-4,11-14H2,(H,33,39)(H,34,37)(H,40,41);/q;+1/p-1/t20-,21+,24+,25+,26+,29+;/m0./s1. The topological polar surface area (TPSA) is 177 Å². The van der Waals surface area contributed by atoms with E-state index in [1.807, 2.05) is 0 Å². The zero-order valence-corrected chi connectivity index (χ0v) is 26.6. The van der Waals surface area contributed by atoms with Gasteiger partial charge in [-0.25, -0.2) is 8.78 Å². The number of halogens is 3. The van der Waals surface area contributed by atoms with Gasteiger partial charge in [0, 0.05) is 35.5 Å². The van der Waals surface area contributed by atoms with E-state index in [1.165, 1.54) is 30.3 Å².